The topological polar surface area (TPSA) is 52.6 Å². The Morgan fingerprint density at radius 3 is 1.62 bits per heavy atom. The standard InChI is InChI=1S/C16H15BO4/c1-11-5-3-7-13(9-11)15(18)20-17-21-16(19)14-8-4-6-12(2)10-14/h3-10,17H,1-2H3. The number of carbonyl (C=O) groups excluding carboxylic acids is 2. The van der Waals surface area contributed by atoms with Crippen molar-refractivity contribution in [2.24, 2.45) is 0 Å². The molecule has 0 heterocycles. The molecule has 0 radical (unpaired) electrons. The van der Waals surface area contributed by atoms with Gasteiger partial charge in [-0.3, -0.25) is 0 Å². The highest BCUT2D eigenvalue weighted by atomic mass is 16.6. The SMILES string of the molecule is Cc1cccc(C(=O)OBOC(=O)c2cccc(C)c2)c1. The number of carbonyl (C=O) groups is 2. The molecule has 0 aliphatic heterocycles. The number of hydrogen-bond donors (Lipinski definition) is 0. The fourth-order valence-corrected chi connectivity index (χ4v) is 1.85. The van der Waals surface area contributed by atoms with Gasteiger partial charge in [0.2, 0.25) is 0 Å². The first-order valence-electron chi connectivity index (χ1n) is 6.54. The Hall–Kier alpha value is -2.56. The third-order valence-electron chi connectivity index (χ3n) is 2.89. The van der Waals surface area contributed by atoms with E-state index in [2.05, 4.69) is 0 Å². The maximum Gasteiger partial charge on any atom is 0.580 e. The molecule has 0 aliphatic rings. The largest absolute Gasteiger partial charge is 0.580 e. The third kappa shape index (κ3) is 4.21. The Morgan fingerprint density at radius 2 is 1.24 bits per heavy atom. The molecule has 5 heteroatoms. The van der Waals surface area contributed by atoms with Crippen LogP contribution in [0.25, 0.3) is 0 Å². The van der Waals surface area contributed by atoms with Crippen molar-refractivity contribution < 1.29 is 18.9 Å². The smallest absolute Gasteiger partial charge is 0.498 e. The molecule has 0 unspecified atom stereocenters. The summed E-state index contributed by atoms with van der Waals surface area (Å²) in [4.78, 5) is 23.5. The molecule has 0 atom stereocenters. The minimum absolute atomic E-state index is 0.403. The molecule has 0 aromatic heterocycles. The number of aryl methyl sites for hydroxylation is 2. The van der Waals surface area contributed by atoms with Crippen molar-refractivity contribution in [1.29, 1.82) is 0 Å². The lowest BCUT2D eigenvalue weighted by Crippen LogP contribution is -2.16. The molecule has 0 saturated carbocycles. The zero-order valence-electron chi connectivity index (χ0n) is 12.0. The molecule has 0 bridgehead atoms. The molecule has 4 nitrogen and oxygen atoms in total. The van der Waals surface area contributed by atoms with Crippen molar-refractivity contribution in [3.8, 4) is 0 Å². The summed E-state index contributed by atoms with van der Waals surface area (Å²) in [6.45, 7) is 3.77. The van der Waals surface area contributed by atoms with Crippen LogP contribution in [-0.4, -0.2) is 19.6 Å². The lowest BCUT2D eigenvalue weighted by atomic mass is 10.1. The third-order valence-corrected chi connectivity index (χ3v) is 2.89. The first-order valence-corrected chi connectivity index (χ1v) is 6.54. The second-order valence-electron chi connectivity index (χ2n) is 4.72. The minimum Gasteiger partial charge on any atom is -0.498 e. The number of hydrogen-bond acceptors (Lipinski definition) is 4. The quantitative estimate of drug-likeness (QED) is 0.809. The van der Waals surface area contributed by atoms with Gasteiger partial charge in [0.25, 0.3) is 0 Å². The highest BCUT2D eigenvalue weighted by molar-refractivity contribution is 6.28. The average molecular weight is 282 g/mol. The van der Waals surface area contributed by atoms with Crippen LogP contribution in [0.1, 0.15) is 31.8 Å². The van der Waals surface area contributed by atoms with Gasteiger partial charge >= 0.3 is 19.6 Å². The fourth-order valence-electron chi connectivity index (χ4n) is 1.85. The molecule has 0 fully saturated rings. The van der Waals surface area contributed by atoms with Gasteiger partial charge in [0, 0.05) is 0 Å². The summed E-state index contributed by atoms with van der Waals surface area (Å²) >= 11 is 0. The Balaban J connectivity index is 1.87. The van der Waals surface area contributed by atoms with Gasteiger partial charge in [0.1, 0.15) is 0 Å². The maximum absolute atomic E-state index is 11.8. The van der Waals surface area contributed by atoms with Crippen LogP contribution in [-0.2, 0) is 9.31 Å². The van der Waals surface area contributed by atoms with Gasteiger partial charge in [0.05, 0.1) is 11.1 Å². The van der Waals surface area contributed by atoms with E-state index in [1.807, 2.05) is 26.0 Å². The Labute approximate surface area is 124 Å². The highest BCUT2D eigenvalue weighted by Crippen LogP contribution is 2.07. The monoisotopic (exact) mass is 282 g/mol. The second kappa shape index (κ2) is 6.75. The van der Waals surface area contributed by atoms with Gasteiger partial charge in [-0.05, 0) is 38.1 Å². The Bertz CT molecular complexity index is 609. The summed E-state index contributed by atoms with van der Waals surface area (Å²) in [5, 5.41) is 0. The molecule has 0 saturated heterocycles. The van der Waals surface area contributed by atoms with E-state index in [4.69, 9.17) is 9.31 Å². The highest BCUT2D eigenvalue weighted by Gasteiger charge is 2.12. The van der Waals surface area contributed by atoms with E-state index >= 15 is 0 Å². The Morgan fingerprint density at radius 1 is 0.810 bits per heavy atom. The number of benzene rings is 2. The Kier molecular flexibility index (Phi) is 4.77. The van der Waals surface area contributed by atoms with Crippen LogP contribution in [0.15, 0.2) is 48.5 Å². The maximum atomic E-state index is 11.8. The van der Waals surface area contributed by atoms with Gasteiger partial charge in [-0.2, -0.15) is 0 Å². The molecule has 0 N–H and O–H groups in total. The molecular formula is C16H15BO4. The summed E-state index contributed by atoms with van der Waals surface area (Å²) in [6, 6.07) is 14.0. The summed E-state index contributed by atoms with van der Waals surface area (Å²) in [6.07, 6.45) is 0. The van der Waals surface area contributed by atoms with Crippen LogP contribution in [0.4, 0.5) is 0 Å². The van der Waals surface area contributed by atoms with Crippen LogP contribution in [0.5, 0.6) is 0 Å². The van der Waals surface area contributed by atoms with E-state index in [9.17, 15) is 9.59 Å². The van der Waals surface area contributed by atoms with Gasteiger partial charge in [-0.15, -0.1) is 0 Å². The first kappa shape index (κ1) is 14.8. The van der Waals surface area contributed by atoms with Crippen LogP contribution in [0, 0.1) is 13.8 Å². The van der Waals surface area contributed by atoms with E-state index in [0.29, 0.717) is 11.1 Å². The lowest BCUT2D eigenvalue weighted by molar-refractivity contribution is 0.0632. The predicted octanol–water partition coefficient (Wildman–Crippen LogP) is 2.58. The van der Waals surface area contributed by atoms with Crippen molar-refractivity contribution in [2.75, 3.05) is 0 Å². The second-order valence-corrected chi connectivity index (χ2v) is 4.72. The summed E-state index contributed by atoms with van der Waals surface area (Å²) in [7, 11) is -0.403. The summed E-state index contributed by atoms with van der Waals surface area (Å²) < 4.78 is 9.85. The van der Waals surface area contributed by atoms with Gasteiger partial charge in [0.15, 0.2) is 0 Å². The first-order chi connectivity index (χ1) is 10.1. The molecule has 106 valence electrons. The molecule has 21 heavy (non-hydrogen) atoms. The van der Waals surface area contributed by atoms with Crippen LogP contribution < -0.4 is 0 Å². The van der Waals surface area contributed by atoms with Crippen molar-refractivity contribution in [3.05, 3.63) is 70.8 Å². The molecule has 0 spiro atoms. The minimum atomic E-state index is -0.518. The van der Waals surface area contributed by atoms with E-state index in [-0.39, 0.29) is 0 Å². The van der Waals surface area contributed by atoms with Crippen LogP contribution in [0.3, 0.4) is 0 Å². The van der Waals surface area contributed by atoms with E-state index in [1.54, 1.807) is 36.4 Å². The molecule has 0 aliphatic carbocycles. The molecular weight excluding hydrogens is 267 g/mol. The number of rotatable bonds is 4. The van der Waals surface area contributed by atoms with E-state index in [1.165, 1.54) is 0 Å². The van der Waals surface area contributed by atoms with Crippen molar-refractivity contribution in [1.82, 2.24) is 0 Å². The molecule has 2 aromatic carbocycles. The molecule has 2 aromatic rings. The predicted molar refractivity (Wildman–Crippen MR) is 80.3 cm³/mol. The summed E-state index contributed by atoms with van der Waals surface area (Å²) in [5.41, 5.74) is 2.78. The lowest BCUT2D eigenvalue weighted by Gasteiger charge is -2.06. The van der Waals surface area contributed by atoms with E-state index < -0.39 is 19.6 Å². The zero-order valence-corrected chi connectivity index (χ0v) is 12.0. The van der Waals surface area contributed by atoms with E-state index in [0.717, 1.165) is 11.1 Å². The van der Waals surface area contributed by atoms with Crippen molar-refractivity contribution in [2.45, 2.75) is 13.8 Å². The fraction of sp³-hybridized carbons (Fsp3) is 0.125. The molecule has 0 amide bonds. The normalized spacial score (nSPS) is 9.81. The van der Waals surface area contributed by atoms with Gasteiger partial charge < -0.3 is 9.31 Å². The van der Waals surface area contributed by atoms with Gasteiger partial charge in [-0.25, -0.2) is 9.59 Å². The average Bonchev–Trinajstić information content (AvgIpc) is 2.47. The van der Waals surface area contributed by atoms with Crippen LogP contribution in [0.2, 0.25) is 0 Å². The zero-order chi connectivity index (χ0) is 15.2. The van der Waals surface area contributed by atoms with Gasteiger partial charge in [-0.1, -0.05) is 35.4 Å². The van der Waals surface area contributed by atoms with Crippen LogP contribution >= 0.6 is 0 Å². The molecule has 2 rings (SSSR count). The van der Waals surface area contributed by atoms with Crippen molar-refractivity contribution in [3.63, 3.8) is 0 Å². The summed E-state index contributed by atoms with van der Waals surface area (Å²) in [5.74, 6) is -1.04. The van der Waals surface area contributed by atoms with Crippen molar-refractivity contribution >= 4 is 19.6 Å².